The van der Waals surface area contributed by atoms with Gasteiger partial charge in [0.2, 0.25) is 5.91 Å². The Kier molecular flexibility index (Phi) is 4.95. The van der Waals surface area contributed by atoms with Gasteiger partial charge in [0.05, 0.1) is 12.6 Å². The molecule has 0 spiro atoms. The molecule has 1 atom stereocenters. The number of aliphatic hydroxyl groups is 1. The van der Waals surface area contributed by atoms with Crippen LogP contribution < -0.4 is 10.6 Å². The molecule has 0 bridgehead atoms. The largest absolute Gasteiger partial charge is 0.392 e. The van der Waals surface area contributed by atoms with Gasteiger partial charge in [0.25, 0.3) is 0 Å². The second-order valence-electron chi connectivity index (χ2n) is 3.89. The fourth-order valence-corrected chi connectivity index (χ4v) is 1.24. The van der Waals surface area contributed by atoms with Crippen molar-refractivity contribution in [1.29, 1.82) is 0 Å². The van der Waals surface area contributed by atoms with E-state index in [0.717, 1.165) is 11.3 Å². The van der Waals surface area contributed by atoms with Gasteiger partial charge < -0.3 is 15.7 Å². The smallest absolute Gasteiger partial charge is 0.238 e. The van der Waals surface area contributed by atoms with Gasteiger partial charge in [-0.15, -0.1) is 0 Å². The van der Waals surface area contributed by atoms with Crippen molar-refractivity contribution in [1.82, 2.24) is 5.32 Å². The van der Waals surface area contributed by atoms with E-state index in [0.29, 0.717) is 6.54 Å². The van der Waals surface area contributed by atoms with Crippen LogP contribution in [0.1, 0.15) is 12.5 Å². The molecule has 16 heavy (non-hydrogen) atoms. The molecule has 3 N–H and O–H groups in total. The highest BCUT2D eigenvalue weighted by Crippen LogP contribution is 2.07. The van der Waals surface area contributed by atoms with Crippen LogP contribution in [0.4, 0.5) is 5.69 Å². The molecule has 0 fully saturated rings. The Morgan fingerprint density at radius 2 is 2.00 bits per heavy atom. The summed E-state index contributed by atoms with van der Waals surface area (Å²) in [6.07, 6.45) is -0.438. The number of anilines is 1. The average molecular weight is 222 g/mol. The van der Waals surface area contributed by atoms with Crippen LogP contribution in [0.3, 0.4) is 0 Å². The van der Waals surface area contributed by atoms with Gasteiger partial charge in [-0.3, -0.25) is 4.79 Å². The zero-order valence-electron chi connectivity index (χ0n) is 9.66. The summed E-state index contributed by atoms with van der Waals surface area (Å²) in [4.78, 5) is 11.4. The number of hydrogen-bond donors (Lipinski definition) is 3. The maximum Gasteiger partial charge on any atom is 0.238 e. The quantitative estimate of drug-likeness (QED) is 0.693. The molecular formula is C12H18N2O2. The van der Waals surface area contributed by atoms with Gasteiger partial charge in [-0.05, 0) is 26.0 Å². The molecule has 0 aromatic heterocycles. The Morgan fingerprint density at radius 3 is 2.56 bits per heavy atom. The van der Waals surface area contributed by atoms with Crippen LogP contribution in [-0.2, 0) is 4.79 Å². The molecule has 0 heterocycles. The molecule has 0 saturated heterocycles. The van der Waals surface area contributed by atoms with Crippen LogP contribution in [0.15, 0.2) is 24.3 Å². The summed E-state index contributed by atoms with van der Waals surface area (Å²) in [5.74, 6) is -0.107. The van der Waals surface area contributed by atoms with E-state index in [1.165, 1.54) is 0 Å². The van der Waals surface area contributed by atoms with E-state index in [2.05, 4.69) is 10.6 Å². The summed E-state index contributed by atoms with van der Waals surface area (Å²) in [6, 6.07) is 7.61. The monoisotopic (exact) mass is 222 g/mol. The summed E-state index contributed by atoms with van der Waals surface area (Å²) in [5.41, 5.74) is 1.94. The molecule has 0 aliphatic rings. The topological polar surface area (TPSA) is 61.4 Å². The molecule has 1 unspecified atom stereocenters. The molecule has 1 aromatic carbocycles. The van der Waals surface area contributed by atoms with Crippen molar-refractivity contribution in [3.8, 4) is 0 Å². The first-order valence-electron chi connectivity index (χ1n) is 5.33. The highest BCUT2D eigenvalue weighted by Gasteiger charge is 2.02. The molecule has 1 amide bonds. The van der Waals surface area contributed by atoms with Crippen molar-refractivity contribution in [3.05, 3.63) is 29.8 Å². The van der Waals surface area contributed by atoms with Crippen molar-refractivity contribution in [2.75, 3.05) is 18.4 Å². The van der Waals surface area contributed by atoms with Gasteiger partial charge in [-0.1, -0.05) is 17.7 Å². The zero-order valence-corrected chi connectivity index (χ0v) is 9.66. The summed E-state index contributed by atoms with van der Waals surface area (Å²) in [6.45, 7) is 4.29. The third-order valence-electron chi connectivity index (χ3n) is 2.06. The lowest BCUT2D eigenvalue weighted by molar-refractivity contribution is -0.115. The number of aryl methyl sites for hydroxylation is 1. The lowest BCUT2D eigenvalue weighted by Crippen LogP contribution is -2.32. The van der Waals surface area contributed by atoms with Crippen LogP contribution in [0, 0.1) is 6.92 Å². The second-order valence-corrected chi connectivity index (χ2v) is 3.89. The maximum atomic E-state index is 11.4. The summed E-state index contributed by atoms with van der Waals surface area (Å²) < 4.78 is 0. The van der Waals surface area contributed by atoms with Gasteiger partial charge >= 0.3 is 0 Å². The maximum absolute atomic E-state index is 11.4. The van der Waals surface area contributed by atoms with Crippen molar-refractivity contribution in [2.45, 2.75) is 20.0 Å². The highest BCUT2D eigenvalue weighted by atomic mass is 16.3. The number of nitrogens with one attached hydrogen (secondary N) is 2. The number of amides is 1. The Labute approximate surface area is 95.7 Å². The number of carbonyl (C=O) groups excluding carboxylic acids is 1. The van der Waals surface area contributed by atoms with E-state index in [-0.39, 0.29) is 12.5 Å². The van der Waals surface area contributed by atoms with E-state index in [1.807, 2.05) is 31.2 Å². The molecule has 0 aliphatic carbocycles. The zero-order chi connectivity index (χ0) is 12.0. The highest BCUT2D eigenvalue weighted by molar-refractivity contribution is 5.92. The third-order valence-corrected chi connectivity index (χ3v) is 2.06. The summed E-state index contributed by atoms with van der Waals surface area (Å²) >= 11 is 0. The molecule has 0 aliphatic heterocycles. The van der Waals surface area contributed by atoms with Gasteiger partial charge in [0.15, 0.2) is 0 Å². The lowest BCUT2D eigenvalue weighted by atomic mass is 10.2. The number of carbonyl (C=O) groups is 1. The Hall–Kier alpha value is -1.39. The Balaban J connectivity index is 2.31. The van der Waals surface area contributed by atoms with Crippen LogP contribution in [-0.4, -0.2) is 30.2 Å². The number of rotatable bonds is 5. The van der Waals surface area contributed by atoms with Crippen molar-refractivity contribution in [2.24, 2.45) is 0 Å². The lowest BCUT2D eigenvalue weighted by Gasteiger charge is -2.08. The molecule has 4 nitrogen and oxygen atoms in total. The van der Waals surface area contributed by atoms with E-state index < -0.39 is 6.10 Å². The van der Waals surface area contributed by atoms with Gasteiger partial charge in [0.1, 0.15) is 0 Å². The Bertz CT molecular complexity index is 333. The van der Waals surface area contributed by atoms with E-state index >= 15 is 0 Å². The second kappa shape index (κ2) is 6.25. The van der Waals surface area contributed by atoms with Gasteiger partial charge in [-0.25, -0.2) is 0 Å². The van der Waals surface area contributed by atoms with Crippen LogP contribution in [0.5, 0.6) is 0 Å². The Morgan fingerprint density at radius 1 is 1.38 bits per heavy atom. The predicted octanol–water partition coefficient (Wildman–Crippen LogP) is 0.904. The van der Waals surface area contributed by atoms with Gasteiger partial charge in [-0.2, -0.15) is 0 Å². The minimum atomic E-state index is -0.438. The fourth-order valence-electron chi connectivity index (χ4n) is 1.24. The molecule has 0 saturated carbocycles. The van der Waals surface area contributed by atoms with Crippen LogP contribution >= 0.6 is 0 Å². The molecule has 88 valence electrons. The summed E-state index contributed by atoms with van der Waals surface area (Å²) in [7, 11) is 0. The van der Waals surface area contributed by atoms with E-state index in [1.54, 1.807) is 6.92 Å². The minimum absolute atomic E-state index is 0.107. The predicted molar refractivity (Wildman–Crippen MR) is 64.4 cm³/mol. The van der Waals surface area contributed by atoms with Crippen LogP contribution in [0.2, 0.25) is 0 Å². The summed E-state index contributed by atoms with van der Waals surface area (Å²) in [5, 5.41) is 14.6. The van der Waals surface area contributed by atoms with Crippen molar-refractivity contribution in [3.63, 3.8) is 0 Å². The van der Waals surface area contributed by atoms with Gasteiger partial charge in [0, 0.05) is 12.2 Å². The minimum Gasteiger partial charge on any atom is -0.392 e. The standard InChI is InChI=1S/C12H18N2O2/c1-9-3-5-11(6-4-9)14-12(16)8-13-7-10(2)15/h3-6,10,13,15H,7-8H2,1-2H3,(H,14,16). The third kappa shape index (κ3) is 4.91. The first kappa shape index (κ1) is 12.7. The molecule has 1 aromatic rings. The molecule has 1 rings (SSSR count). The normalized spacial score (nSPS) is 12.2. The average Bonchev–Trinajstić information content (AvgIpc) is 2.21. The van der Waals surface area contributed by atoms with E-state index in [4.69, 9.17) is 5.11 Å². The first-order valence-corrected chi connectivity index (χ1v) is 5.33. The fraction of sp³-hybridized carbons (Fsp3) is 0.417. The van der Waals surface area contributed by atoms with Crippen molar-refractivity contribution >= 4 is 11.6 Å². The molecule has 0 radical (unpaired) electrons. The molecular weight excluding hydrogens is 204 g/mol. The van der Waals surface area contributed by atoms with E-state index in [9.17, 15) is 4.79 Å². The first-order chi connectivity index (χ1) is 7.58. The number of hydrogen-bond acceptors (Lipinski definition) is 3. The molecule has 4 heteroatoms. The SMILES string of the molecule is Cc1ccc(NC(=O)CNCC(C)O)cc1. The van der Waals surface area contributed by atoms with Crippen LogP contribution in [0.25, 0.3) is 0 Å². The van der Waals surface area contributed by atoms with Crippen molar-refractivity contribution < 1.29 is 9.90 Å². The number of benzene rings is 1. The number of aliphatic hydroxyl groups excluding tert-OH is 1.